The van der Waals surface area contributed by atoms with Crippen molar-refractivity contribution in [2.24, 2.45) is 0 Å². The number of H-pyrrole nitrogens is 1. The quantitative estimate of drug-likeness (QED) is 0.668. The number of nitrogens with one attached hydrogen (secondary N) is 2. The van der Waals surface area contributed by atoms with E-state index < -0.39 is 16.1 Å². The lowest BCUT2D eigenvalue weighted by Crippen LogP contribution is -2.46. The minimum Gasteiger partial charge on any atom is -0.354 e. The largest absolute Gasteiger partial charge is 0.354 e. The van der Waals surface area contributed by atoms with Crippen LogP contribution in [0.25, 0.3) is 0 Å². The summed E-state index contributed by atoms with van der Waals surface area (Å²) in [5.74, 6) is 0.507. The van der Waals surface area contributed by atoms with Crippen molar-refractivity contribution in [2.45, 2.75) is 43.0 Å². The molecule has 0 spiro atoms. The number of aromatic nitrogens is 3. The van der Waals surface area contributed by atoms with Crippen LogP contribution in [0.1, 0.15) is 25.6 Å². The van der Waals surface area contributed by atoms with Crippen LogP contribution in [0.15, 0.2) is 21.7 Å². The van der Waals surface area contributed by atoms with E-state index in [4.69, 9.17) is 12.2 Å². The maximum Gasteiger partial charge on any atom is 0.253 e. The number of rotatable bonds is 7. The highest BCUT2D eigenvalue weighted by Gasteiger charge is 2.39. The van der Waals surface area contributed by atoms with Gasteiger partial charge in [0.2, 0.25) is 5.91 Å². The first kappa shape index (κ1) is 19.2. The van der Waals surface area contributed by atoms with Gasteiger partial charge in [-0.05, 0) is 43.4 Å². The zero-order chi connectivity index (χ0) is 18.7. The van der Waals surface area contributed by atoms with Crippen LogP contribution in [0.3, 0.4) is 0 Å². The molecule has 3 rings (SSSR count). The van der Waals surface area contributed by atoms with E-state index in [1.165, 1.54) is 15.6 Å². The van der Waals surface area contributed by atoms with Gasteiger partial charge in [0.1, 0.15) is 16.1 Å². The summed E-state index contributed by atoms with van der Waals surface area (Å²) in [6.45, 7) is 3.42. The first-order valence-corrected chi connectivity index (χ1v) is 11.1. The van der Waals surface area contributed by atoms with E-state index in [1.54, 1.807) is 17.5 Å². The molecule has 0 saturated carbocycles. The number of hydrogen-bond donors (Lipinski definition) is 2. The number of carbonyl (C=O) groups excluding carboxylic acids is 1. The van der Waals surface area contributed by atoms with Crippen LogP contribution in [-0.4, -0.2) is 52.5 Å². The predicted octanol–water partition coefficient (Wildman–Crippen LogP) is 1.53. The van der Waals surface area contributed by atoms with Crippen molar-refractivity contribution in [1.29, 1.82) is 0 Å². The van der Waals surface area contributed by atoms with E-state index in [-0.39, 0.29) is 10.1 Å². The van der Waals surface area contributed by atoms with Gasteiger partial charge in [-0.1, -0.05) is 6.07 Å². The van der Waals surface area contributed by atoms with E-state index in [0.29, 0.717) is 43.7 Å². The molecule has 0 bridgehead atoms. The van der Waals surface area contributed by atoms with Gasteiger partial charge in [-0.2, -0.15) is 9.40 Å². The Labute approximate surface area is 161 Å². The second-order valence-electron chi connectivity index (χ2n) is 5.94. The molecule has 142 valence electrons. The van der Waals surface area contributed by atoms with Gasteiger partial charge in [-0.15, -0.1) is 11.3 Å². The topological polar surface area (TPSA) is 100 Å². The van der Waals surface area contributed by atoms with Crippen molar-refractivity contribution in [3.63, 3.8) is 0 Å². The Morgan fingerprint density at radius 1 is 1.54 bits per heavy atom. The van der Waals surface area contributed by atoms with Gasteiger partial charge < -0.3 is 9.88 Å². The second-order valence-corrected chi connectivity index (χ2v) is 9.39. The van der Waals surface area contributed by atoms with Crippen LogP contribution in [0.5, 0.6) is 0 Å². The molecule has 1 fully saturated rings. The van der Waals surface area contributed by atoms with E-state index in [0.717, 1.165) is 5.82 Å². The predicted molar refractivity (Wildman–Crippen MR) is 101 cm³/mol. The van der Waals surface area contributed by atoms with Crippen LogP contribution in [0, 0.1) is 4.77 Å². The van der Waals surface area contributed by atoms with Crippen molar-refractivity contribution < 1.29 is 13.2 Å². The number of hydrogen-bond acceptors (Lipinski definition) is 6. The molecule has 0 aliphatic carbocycles. The molecular weight excluding hydrogens is 394 g/mol. The molecule has 1 unspecified atom stereocenters. The fraction of sp³-hybridized carbons (Fsp3) is 0.533. The minimum atomic E-state index is -3.62. The van der Waals surface area contributed by atoms with Crippen molar-refractivity contribution >= 4 is 39.5 Å². The summed E-state index contributed by atoms with van der Waals surface area (Å²) in [7, 11) is -3.62. The first-order valence-electron chi connectivity index (χ1n) is 8.42. The summed E-state index contributed by atoms with van der Waals surface area (Å²) in [6, 6.07) is 2.61. The number of amides is 1. The molecular formula is C15H21N5O3S3. The van der Waals surface area contributed by atoms with Gasteiger partial charge in [0, 0.05) is 26.1 Å². The number of nitrogens with zero attached hydrogens (tertiary/aromatic N) is 3. The molecule has 2 N–H and O–H groups in total. The molecule has 3 heterocycles. The van der Waals surface area contributed by atoms with E-state index in [1.807, 2.05) is 11.5 Å². The number of aromatic amines is 1. The van der Waals surface area contributed by atoms with E-state index in [9.17, 15) is 13.2 Å². The number of carbonyl (C=O) groups is 1. The van der Waals surface area contributed by atoms with Gasteiger partial charge in [0.05, 0.1) is 0 Å². The highest BCUT2D eigenvalue weighted by atomic mass is 32.2. The zero-order valence-electron chi connectivity index (χ0n) is 14.3. The summed E-state index contributed by atoms with van der Waals surface area (Å²) in [5, 5.41) is 11.5. The van der Waals surface area contributed by atoms with Crippen molar-refractivity contribution in [3.05, 3.63) is 28.1 Å². The van der Waals surface area contributed by atoms with Crippen molar-refractivity contribution in [3.8, 4) is 0 Å². The fourth-order valence-corrected chi connectivity index (χ4v) is 6.15. The molecule has 1 aliphatic heterocycles. The Morgan fingerprint density at radius 3 is 3.04 bits per heavy atom. The summed E-state index contributed by atoms with van der Waals surface area (Å²) >= 11 is 6.31. The summed E-state index contributed by atoms with van der Waals surface area (Å²) in [4.78, 5) is 12.6. The maximum atomic E-state index is 12.7. The molecule has 11 heteroatoms. The highest BCUT2D eigenvalue weighted by molar-refractivity contribution is 7.91. The molecule has 8 nitrogen and oxygen atoms in total. The summed E-state index contributed by atoms with van der Waals surface area (Å²) < 4.78 is 29.4. The Bertz CT molecular complexity index is 917. The van der Waals surface area contributed by atoms with Crippen LogP contribution in [0.2, 0.25) is 0 Å². The Hall–Kier alpha value is -1.56. The Kier molecular flexibility index (Phi) is 5.90. The van der Waals surface area contributed by atoms with Gasteiger partial charge >= 0.3 is 0 Å². The van der Waals surface area contributed by atoms with Gasteiger partial charge in [-0.25, -0.2) is 8.42 Å². The second kappa shape index (κ2) is 7.99. The fourth-order valence-electron chi connectivity index (χ4n) is 3.10. The molecule has 1 amide bonds. The van der Waals surface area contributed by atoms with Crippen molar-refractivity contribution in [1.82, 2.24) is 24.4 Å². The smallest absolute Gasteiger partial charge is 0.253 e. The Balaban J connectivity index is 1.63. The summed E-state index contributed by atoms with van der Waals surface area (Å²) in [5.41, 5.74) is 0. The molecule has 26 heavy (non-hydrogen) atoms. The highest BCUT2D eigenvalue weighted by Crippen LogP contribution is 2.28. The number of thiophene rings is 1. The molecule has 2 aromatic rings. The summed E-state index contributed by atoms with van der Waals surface area (Å²) in [6.07, 6.45) is 1.73. The lowest BCUT2D eigenvalue weighted by molar-refractivity contribution is -0.124. The third-order valence-electron chi connectivity index (χ3n) is 4.37. The first-order chi connectivity index (χ1) is 12.4. The molecule has 1 saturated heterocycles. The van der Waals surface area contributed by atoms with Gasteiger partial charge in [0.25, 0.3) is 10.0 Å². The maximum absolute atomic E-state index is 12.7. The lowest BCUT2D eigenvalue weighted by atomic mass is 10.2. The normalized spacial score (nSPS) is 18.3. The molecule has 0 radical (unpaired) electrons. The third kappa shape index (κ3) is 3.75. The monoisotopic (exact) mass is 415 g/mol. The average molecular weight is 416 g/mol. The Morgan fingerprint density at radius 2 is 2.35 bits per heavy atom. The standard InChI is InChI=1S/C15H21N5O3S3/c1-2-19-12(17-18-15(19)24)7-8-16-14(21)11-5-3-9-20(11)26(22,23)13-6-4-10-25-13/h4,6,10-11H,2-3,5,7-9H2,1H3,(H,16,21)(H,18,24). The SMILES string of the molecule is CCn1c(CCNC(=O)C2CCCN2S(=O)(=O)c2cccs2)n[nH]c1=S. The molecule has 1 atom stereocenters. The van der Waals surface area contributed by atoms with Crippen LogP contribution < -0.4 is 5.32 Å². The number of sulfonamides is 1. The zero-order valence-corrected chi connectivity index (χ0v) is 16.8. The third-order valence-corrected chi connectivity index (χ3v) is 7.96. The van der Waals surface area contributed by atoms with Gasteiger partial charge in [-0.3, -0.25) is 9.89 Å². The van der Waals surface area contributed by atoms with E-state index >= 15 is 0 Å². The minimum absolute atomic E-state index is 0.264. The van der Waals surface area contributed by atoms with Crippen LogP contribution >= 0.6 is 23.6 Å². The van der Waals surface area contributed by atoms with Crippen LogP contribution in [-0.2, 0) is 27.8 Å². The van der Waals surface area contributed by atoms with Gasteiger partial charge in [0.15, 0.2) is 4.77 Å². The van der Waals surface area contributed by atoms with E-state index in [2.05, 4.69) is 15.5 Å². The average Bonchev–Trinajstić information content (AvgIpc) is 3.36. The lowest BCUT2D eigenvalue weighted by Gasteiger charge is -2.22. The molecule has 0 aromatic carbocycles. The molecule has 1 aliphatic rings. The van der Waals surface area contributed by atoms with Crippen LogP contribution in [0.4, 0.5) is 0 Å². The van der Waals surface area contributed by atoms with Crippen molar-refractivity contribution in [2.75, 3.05) is 13.1 Å². The molecule has 2 aromatic heterocycles.